The Balaban J connectivity index is 2.82. The van der Waals surface area contributed by atoms with E-state index in [0.717, 1.165) is 6.42 Å². The van der Waals surface area contributed by atoms with Gasteiger partial charge in [-0.25, -0.2) is 22.5 Å². The molecule has 2 heterocycles. The molecule has 0 radical (unpaired) electrons. The van der Waals surface area contributed by atoms with Gasteiger partial charge in [-0.05, 0) is 25.6 Å². The van der Waals surface area contributed by atoms with E-state index >= 15 is 0 Å². The molecule has 5 nitrogen and oxygen atoms in total. The van der Waals surface area contributed by atoms with E-state index in [0.29, 0.717) is 12.2 Å². The Labute approximate surface area is 105 Å². The van der Waals surface area contributed by atoms with Crippen LogP contribution in [0.15, 0.2) is 23.4 Å². The average Bonchev–Trinajstić information content (AvgIpc) is 2.71. The fraction of sp³-hybridized carbons (Fsp3) is 0.364. The Morgan fingerprint density at radius 2 is 2.22 bits per heavy atom. The van der Waals surface area contributed by atoms with Gasteiger partial charge in [0.05, 0.1) is 0 Å². The zero-order valence-corrected chi connectivity index (χ0v) is 11.0. The topological polar surface area (TPSA) is 63.5 Å². The molecule has 0 bridgehead atoms. The standard InChI is InChI=1S/C11H14FN3O2S/c1-3-5-9-14-11(18(16,17)13-2)10-8(12)6-4-7-15(9)10/h4,6-7,13H,3,5H2,1-2H3. The van der Waals surface area contributed by atoms with Crippen molar-refractivity contribution in [2.24, 2.45) is 0 Å². The van der Waals surface area contributed by atoms with Crippen molar-refractivity contribution >= 4 is 15.5 Å². The SMILES string of the molecule is CCCc1nc(S(=O)(=O)NC)c2c(F)cccn12. The molecule has 2 rings (SSSR count). The number of hydrogen-bond acceptors (Lipinski definition) is 3. The van der Waals surface area contributed by atoms with Crippen LogP contribution in [-0.2, 0) is 16.4 Å². The molecule has 0 saturated heterocycles. The van der Waals surface area contributed by atoms with E-state index in [4.69, 9.17) is 0 Å². The quantitative estimate of drug-likeness (QED) is 0.912. The summed E-state index contributed by atoms with van der Waals surface area (Å²) in [7, 11) is -2.49. The number of sulfonamides is 1. The van der Waals surface area contributed by atoms with E-state index in [9.17, 15) is 12.8 Å². The van der Waals surface area contributed by atoms with Crippen LogP contribution in [-0.4, -0.2) is 24.9 Å². The van der Waals surface area contributed by atoms with Crippen LogP contribution >= 0.6 is 0 Å². The third kappa shape index (κ3) is 1.99. The summed E-state index contributed by atoms with van der Waals surface area (Å²) in [5.41, 5.74) is -0.00435. The van der Waals surface area contributed by atoms with E-state index in [1.807, 2.05) is 6.92 Å². The van der Waals surface area contributed by atoms with Crippen LogP contribution in [0.1, 0.15) is 19.2 Å². The zero-order valence-electron chi connectivity index (χ0n) is 10.1. The van der Waals surface area contributed by atoms with E-state index in [1.165, 1.54) is 23.6 Å². The highest BCUT2D eigenvalue weighted by atomic mass is 32.2. The first-order valence-corrected chi connectivity index (χ1v) is 7.08. The predicted octanol–water partition coefficient (Wildman–Crippen LogP) is 1.33. The highest BCUT2D eigenvalue weighted by Gasteiger charge is 2.23. The Morgan fingerprint density at radius 1 is 1.50 bits per heavy atom. The molecule has 0 fully saturated rings. The molecule has 1 N–H and O–H groups in total. The first-order valence-electron chi connectivity index (χ1n) is 5.60. The summed E-state index contributed by atoms with van der Waals surface area (Å²) in [6.07, 6.45) is 3.00. The van der Waals surface area contributed by atoms with Gasteiger partial charge in [-0.3, -0.25) is 4.40 Å². The first kappa shape index (κ1) is 13.0. The maximum Gasteiger partial charge on any atom is 0.260 e. The van der Waals surface area contributed by atoms with E-state index in [-0.39, 0.29) is 10.5 Å². The summed E-state index contributed by atoms with van der Waals surface area (Å²) in [6, 6.07) is 2.75. The summed E-state index contributed by atoms with van der Waals surface area (Å²) in [6.45, 7) is 1.95. The Bertz CT molecular complexity index is 679. The molecule has 0 aliphatic carbocycles. The fourth-order valence-corrected chi connectivity index (χ4v) is 2.68. The van der Waals surface area contributed by atoms with E-state index in [1.54, 1.807) is 6.20 Å². The van der Waals surface area contributed by atoms with Crippen molar-refractivity contribution in [1.82, 2.24) is 14.1 Å². The number of nitrogens with zero attached hydrogens (tertiary/aromatic N) is 2. The molecule has 2 aromatic heterocycles. The number of nitrogens with one attached hydrogen (secondary N) is 1. The second-order valence-corrected chi connectivity index (χ2v) is 5.67. The summed E-state index contributed by atoms with van der Waals surface area (Å²) in [5, 5.41) is -0.258. The summed E-state index contributed by atoms with van der Waals surface area (Å²) in [5.74, 6) is -0.0537. The lowest BCUT2D eigenvalue weighted by Crippen LogP contribution is -2.19. The minimum Gasteiger partial charge on any atom is -0.300 e. The number of aromatic nitrogens is 2. The number of rotatable bonds is 4. The third-order valence-corrected chi connectivity index (χ3v) is 3.98. The minimum atomic E-state index is -3.77. The maximum absolute atomic E-state index is 13.8. The number of pyridine rings is 1. The van der Waals surface area contributed by atoms with Crippen LogP contribution < -0.4 is 4.72 Å². The number of aryl methyl sites for hydroxylation is 1. The molecule has 98 valence electrons. The Hall–Kier alpha value is -1.47. The minimum absolute atomic E-state index is 0.00435. The summed E-state index contributed by atoms with van der Waals surface area (Å²) >= 11 is 0. The lowest BCUT2D eigenvalue weighted by atomic mass is 10.3. The molecule has 0 aliphatic heterocycles. The molecule has 0 atom stereocenters. The molecule has 0 saturated carbocycles. The monoisotopic (exact) mass is 271 g/mol. The number of halogens is 1. The third-order valence-electron chi connectivity index (χ3n) is 2.65. The highest BCUT2D eigenvalue weighted by Crippen LogP contribution is 2.21. The van der Waals surface area contributed by atoms with Crippen molar-refractivity contribution in [2.75, 3.05) is 7.05 Å². The lowest BCUT2D eigenvalue weighted by molar-refractivity contribution is 0.583. The number of fused-ring (bicyclic) bond motifs is 1. The Morgan fingerprint density at radius 3 is 2.83 bits per heavy atom. The maximum atomic E-state index is 13.8. The molecule has 0 unspecified atom stereocenters. The molecule has 0 aromatic carbocycles. The van der Waals surface area contributed by atoms with Crippen LogP contribution in [0.25, 0.3) is 5.52 Å². The molecule has 0 spiro atoms. The van der Waals surface area contributed by atoms with Gasteiger partial charge in [0.1, 0.15) is 17.2 Å². The van der Waals surface area contributed by atoms with Gasteiger partial charge in [-0.1, -0.05) is 6.92 Å². The van der Waals surface area contributed by atoms with Crippen molar-refractivity contribution in [2.45, 2.75) is 24.8 Å². The zero-order chi connectivity index (χ0) is 13.3. The van der Waals surface area contributed by atoms with Crippen molar-refractivity contribution in [3.63, 3.8) is 0 Å². The molecule has 0 amide bonds. The molecule has 18 heavy (non-hydrogen) atoms. The fourth-order valence-electron chi connectivity index (χ4n) is 1.81. The van der Waals surface area contributed by atoms with Crippen molar-refractivity contribution in [3.8, 4) is 0 Å². The van der Waals surface area contributed by atoms with Crippen molar-refractivity contribution < 1.29 is 12.8 Å². The van der Waals surface area contributed by atoms with Gasteiger partial charge in [0.25, 0.3) is 10.0 Å². The largest absolute Gasteiger partial charge is 0.300 e. The lowest BCUT2D eigenvalue weighted by Gasteiger charge is -2.00. The van der Waals surface area contributed by atoms with E-state index in [2.05, 4.69) is 9.71 Å². The average molecular weight is 271 g/mol. The van der Waals surface area contributed by atoms with Crippen LogP contribution in [0.2, 0.25) is 0 Å². The molecular formula is C11H14FN3O2S. The van der Waals surface area contributed by atoms with Crippen molar-refractivity contribution in [3.05, 3.63) is 30.0 Å². The van der Waals surface area contributed by atoms with Gasteiger partial charge in [0, 0.05) is 12.6 Å². The van der Waals surface area contributed by atoms with E-state index < -0.39 is 15.8 Å². The van der Waals surface area contributed by atoms with Crippen LogP contribution in [0, 0.1) is 5.82 Å². The second-order valence-electron chi connectivity index (χ2n) is 3.87. The summed E-state index contributed by atoms with van der Waals surface area (Å²) < 4.78 is 41.1. The Kier molecular flexibility index (Phi) is 3.36. The number of imidazole rings is 1. The molecular weight excluding hydrogens is 257 g/mol. The summed E-state index contributed by atoms with van der Waals surface area (Å²) in [4.78, 5) is 4.05. The second kappa shape index (κ2) is 4.66. The molecule has 0 aliphatic rings. The van der Waals surface area contributed by atoms with Gasteiger partial charge in [0.2, 0.25) is 0 Å². The first-order chi connectivity index (χ1) is 8.51. The van der Waals surface area contributed by atoms with Gasteiger partial charge in [-0.15, -0.1) is 0 Å². The predicted molar refractivity (Wildman–Crippen MR) is 65.4 cm³/mol. The highest BCUT2D eigenvalue weighted by molar-refractivity contribution is 7.89. The van der Waals surface area contributed by atoms with Crippen LogP contribution in [0.5, 0.6) is 0 Å². The number of hydrogen-bond donors (Lipinski definition) is 1. The molecule has 7 heteroatoms. The van der Waals surface area contributed by atoms with Crippen LogP contribution in [0.4, 0.5) is 4.39 Å². The van der Waals surface area contributed by atoms with Crippen molar-refractivity contribution in [1.29, 1.82) is 0 Å². The molecule has 2 aromatic rings. The van der Waals surface area contributed by atoms with Crippen LogP contribution in [0.3, 0.4) is 0 Å². The normalized spacial score (nSPS) is 12.2. The van der Waals surface area contributed by atoms with Gasteiger partial charge in [-0.2, -0.15) is 0 Å². The van der Waals surface area contributed by atoms with Gasteiger partial charge in [0.15, 0.2) is 5.03 Å². The van der Waals surface area contributed by atoms with Gasteiger partial charge < -0.3 is 0 Å². The van der Waals surface area contributed by atoms with Gasteiger partial charge >= 0.3 is 0 Å². The smallest absolute Gasteiger partial charge is 0.260 e.